The molecule has 0 aliphatic heterocycles. The molecule has 2 aromatic rings. The smallest absolute Gasteiger partial charge is 0.274 e. The van der Waals surface area contributed by atoms with E-state index in [1.54, 1.807) is 42.5 Å². The maximum absolute atomic E-state index is 12.0. The Labute approximate surface area is 124 Å². The van der Waals surface area contributed by atoms with Crippen molar-refractivity contribution in [2.45, 2.75) is 0 Å². The number of hydrogen-bond donors (Lipinski definition) is 1. The molecule has 0 spiro atoms. The minimum Gasteiger partial charge on any atom is -0.321 e. The zero-order valence-electron chi connectivity index (χ0n) is 10.4. The van der Waals surface area contributed by atoms with Crippen LogP contribution in [0.3, 0.4) is 0 Å². The lowest BCUT2D eigenvalue weighted by atomic mass is 10.2. The van der Waals surface area contributed by atoms with Crippen LogP contribution in [0.4, 0.5) is 5.69 Å². The fraction of sp³-hybridized carbons (Fsp3) is 0. The lowest BCUT2D eigenvalue weighted by Crippen LogP contribution is -2.13. The average molecular weight is 328 g/mol. The molecule has 0 aliphatic carbocycles. The number of anilines is 1. The zero-order chi connectivity index (χ0) is 14.4. The Bertz CT molecular complexity index is 704. The first-order valence-electron chi connectivity index (χ1n) is 5.79. The second kappa shape index (κ2) is 6.64. The number of hydrogen-bond acceptors (Lipinski definition) is 3. The van der Waals surface area contributed by atoms with Gasteiger partial charge in [0.1, 0.15) is 10.3 Å². The number of nitriles is 1. The molecular weight excluding hydrogens is 318 g/mol. The molecule has 1 heterocycles. The summed E-state index contributed by atoms with van der Waals surface area (Å²) in [5, 5.41) is 11.3. The number of benzene rings is 1. The van der Waals surface area contributed by atoms with Crippen LogP contribution in [0, 0.1) is 11.3 Å². The third-order valence-corrected chi connectivity index (χ3v) is 2.88. The summed E-state index contributed by atoms with van der Waals surface area (Å²) in [4.78, 5) is 16.1. The summed E-state index contributed by atoms with van der Waals surface area (Å²) in [6, 6.07) is 14.3. The molecular formula is C15H10BrN3O. The van der Waals surface area contributed by atoms with Crippen LogP contribution in [0.15, 0.2) is 53.1 Å². The number of halogens is 1. The van der Waals surface area contributed by atoms with Crippen LogP contribution in [-0.2, 0) is 0 Å². The largest absolute Gasteiger partial charge is 0.321 e. The number of nitrogens with one attached hydrogen (secondary N) is 1. The molecule has 0 saturated heterocycles. The topological polar surface area (TPSA) is 65.8 Å². The first-order chi connectivity index (χ1) is 9.69. The van der Waals surface area contributed by atoms with Crippen molar-refractivity contribution in [2.24, 2.45) is 0 Å². The lowest BCUT2D eigenvalue weighted by Gasteiger charge is -2.05. The molecule has 0 radical (unpaired) electrons. The van der Waals surface area contributed by atoms with Gasteiger partial charge < -0.3 is 5.32 Å². The third-order valence-electron chi connectivity index (χ3n) is 2.44. The van der Waals surface area contributed by atoms with Crippen molar-refractivity contribution in [3.63, 3.8) is 0 Å². The molecule has 20 heavy (non-hydrogen) atoms. The summed E-state index contributed by atoms with van der Waals surface area (Å²) in [7, 11) is 0. The van der Waals surface area contributed by atoms with Crippen molar-refractivity contribution in [3.8, 4) is 6.07 Å². The molecule has 1 aromatic carbocycles. The van der Waals surface area contributed by atoms with Gasteiger partial charge in [0.05, 0.1) is 6.07 Å². The number of carbonyl (C=O) groups excluding carboxylic acids is 1. The van der Waals surface area contributed by atoms with Gasteiger partial charge >= 0.3 is 0 Å². The standard InChI is InChI=1S/C15H10BrN3O/c16-14-8-2-7-13(19-14)15(20)18-12-6-1-4-11(10-12)5-3-9-17/h1-8,10H,(H,18,20). The van der Waals surface area contributed by atoms with Crippen LogP contribution in [0.5, 0.6) is 0 Å². The highest BCUT2D eigenvalue weighted by Gasteiger charge is 2.07. The van der Waals surface area contributed by atoms with Gasteiger partial charge in [0.15, 0.2) is 0 Å². The van der Waals surface area contributed by atoms with Crippen molar-refractivity contribution >= 4 is 33.6 Å². The second-order valence-electron chi connectivity index (χ2n) is 3.89. The van der Waals surface area contributed by atoms with Crippen molar-refractivity contribution in [3.05, 3.63) is 64.4 Å². The van der Waals surface area contributed by atoms with Crippen LogP contribution in [0.25, 0.3) is 6.08 Å². The van der Waals surface area contributed by atoms with E-state index < -0.39 is 0 Å². The Morgan fingerprint density at radius 1 is 1.30 bits per heavy atom. The van der Waals surface area contributed by atoms with E-state index in [4.69, 9.17) is 5.26 Å². The van der Waals surface area contributed by atoms with E-state index in [0.717, 1.165) is 5.56 Å². The summed E-state index contributed by atoms with van der Waals surface area (Å²) in [6.45, 7) is 0. The second-order valence-corrected chi connectivity index (χ2v) is 4.70. The first kappa shape index (κ1) is 14.0. The molecule has 0 fully saturated rings. The molecule has 1 amide bonds. The molecule has 0 aliphatic rings. The minimum atomic E-state index is -0.285. The highest BCUT2D eigenvalue weighted by Crippen LogP contribution is 2.14. The van der Waals surface area contributed by atoms with E-state index >= 15 is 0 Å². The van der Waals surface area contributed by atoms with E-state index in [1.807, 2.05) is 12.1 Å². The molecule has 0 bridgehead atoms. The highest BCUT2D eigenvalue weighted by molar-refractivity contribution is 9.10. The molecule has 4 nitrogen and oxygen atoms in total. The normalized spacial score (nSPS) is 10.2. The van der Waals surface area contributed by atoms with Crippen LogP contribution >= 0.6 is 15.9 Å². The predicted octanol–water partition coefficient (Wildman–Crippen LogP) is 3.63. The summed E-state index contributed by atoms with van der Waals surface area (Å²) >= 11 is 3.23. The van der Waals surface area contributed by atoms with Gasteiger partial charge in [-0.15, -0.1) is 0 Å². The van der Waals surface area contributed by atoms with Crippen LogP contribution in [0.2, 0.25) is 0 Å². The fourth-order valence-electron chi connectivity index (χ4n) is 1.58. The van der Waals surface area contributed by atoms with Gasteiger partial charge in [-0.05, 0) is 51.8 Å². The van der Waals surface area contributed by atoms with Gasteiger partial charge in [0, 0.05) is 11.8 Å². The van der Waals surface area contributed by atoms with Crippen LogP contribution in [0.1, 0.15) is 16.1 Å². The van der Waals surface area contributed by atoms with Crippen molar-refractivity contribution in [2.75, 3.05) is 5.32 Å². The Kier molecular flexibility index (Phi) is 4.64. The number of aromatic nitrogens is 1. The fourth-order valence-corrected chi connectivity index (χ4v) is 1.93. The Morgan fingerprint density at radius 3 is 2.85 bits per heavy atom. The van der Waals surface area contributed by atoms with Gasteiger partial charge in [-0.1, -0.05) is 18.2 Å². The van der Waals surface area contributed by atoms with Gasteiger partial charge in [0.25, 0.3) is 5.91 Å². The molecule has 98 valence electrons. The van der Waals surface area contributed by atoms with E-state index in [2.05, 4.69) is 26.2 Å². The molecule has 1 N–H and O–H groups in total. The van der Waals surface area contributed by atoms with E-state index in [9.17, 15) is 4.79 Å². The SMILES string of the molecule is N#CC=Cc1cccc(NC(=O)c2cccc(Br)n2)c1. The third kappa shape index (κ3) is 3.77. The van der Waals surface area contributed by atoms with Gasteiger partial charge in [-0.3, -0.25) is 4.79 Å². The lowest BCUT2D eigenvalue weighted by molar-refractivity contribution is 0.102. The van der Waals surface area contributed by atoms with Gasteiger partial charge in [-0.2, -0.15) is 5.26 Å². The summed E-state index contributed by atoms with van der Waals surface area (Å²) in [6.07, 6.45) is 3.06. The number of allylic oxidation sites excluding steroid dienone is 1. The summed E-state index contributed by atoms with van der Waals surface area (Å²) < 4.78 is 0.607. The predicted molar refractivity (Wildman–Crippen MR) is 81.0 cm³/mol. The molecule has 0 saturated carbocycles. The highest BCUT2D eigenvalue weighted by atomic mass is 79.9. The molecule has 2 rings (SSSR count). The maximum atomic E-state index is 12.0. The Balaban J connectivity index is 2.16. The van der Waals surface area contributed by atoms with Gasteiger partial charge in [0.2, 0.25) is 0 Å². The van der Waals surface area contributed by atoms with Crippen LogP contribution < -0.4 is 5.32 Å². The van der Waals surface area contributed by atoms with E-state index in [1.165, 1.54) is 6.08 Å². The van der Waals surface area contributed by atoms with E-state index in [0.29, 0.717) is 16.0 Å². The monoisotopic (exact) mass is 327 g/mol. The summed E-state index contributed by atoms with van der Waals surface area (Å²) in [5.74, 6) is -0.285. The molecule has 5 heteroatoms. The minimum absolute atomic E-state index is 0.285. The average Bonchev–Trinajstić information content (AvgIpc) is 2.45. The molecule has 1 aromatic heterocycles. The van der Waals surface area contributed by atoms with Crippen LogP contribution in [-0.4, -0.2) is 10.9 Å². The molecule has 0 atom stereocenters. The quantitative estimate of drug-likeness (QED) is 0.691. The Morgan fingerprint density at radius 2 is 2.10 bits per heavy atom. The first-order valence-corrected chi connectivity index (χ1v) is 6.58. The zero-order valence-corrected chi connectivity index (χ0v) is 12.0. The molecule has 0 unspecified atom stereocenters. The number of pyridine rings is 1. The van der Waals surface area contributed by atoms with Gasteiger partial charge in [-0.25, -0.2) is 4.98 Å². The maximum Gasteiger partial charge on any atom is 0.274 e. The van der Waals surface area contributed by atoms with Crippen molar-refractivity contribution in [1.29, 1.82) is 5.26 Å². The number of rotatable bonds is 3. The van der Waals surface area contributed by atoms with E-state index in [-0.39, 0.29) is 5.91 Å². The number of amides is 1. The van der Waals surface area contributed by atoms with Crippen molar-refractivity contribution in [1.82, 2.24) is 4.98 Å². The number of carbonyl (C=O) groups is 1. The number of nitrogens with zero attached hydrogens (tertiary/aromatic N) is 2. The van der Waals surface area contributed by atoms with Crippen molar-refractivity contribution < 1.29 is 4.79 Å². The Hall–Kier alpha value is -2.45. The summed E-state index contributed by atoms with van der Waals surface area (Å²) in [5.41, 5.74) is 1.82.